The van der Waals surface area contributed by atoms with Crippen molar-refractivity contribution in [2.75, 3.05) is 6.54 Å². The molecule has 5 nitrogen and oxygen atoms in total. The SMILES string of the molecule is CC(C)=C[C@@H]1[C@@H](C(=O)N2CCC[C@@H]2C(=O)NCc2ccco2)C1(C)C. The van der Waals surface area contributed by atoms with E-state index in [1.807, 2.05) is 6.07 Å². The summed E-state index contributed by atoms with van der Waals surface area (Å²) in [7, 11) is 0. The second kappa shape index (κ2) is 6.70. The van der Waals surface area contributed by atoms with Crippen molar-refractivity contribution in [1.29, 1.82) is 0 Å². The zero-order chi connectivity index (χ0) is 18.2. The number of likely N-dealkylation sites (tertiary alicyclic amines) is 1. The van der Waals surface area contributed by atoms with Gasteiger partial charge in [0.2, 0.25) is 11.8 Å². The summed E-state index contributed by atoms with van der Waals surface area (Å²) in [6.07, 6.45) is 5.40. The van der Waals surface area contributed by atoms with Crippen LogP contribution >= 0.6 is 0 Å². The molecule has 2 aliphatic rings. The van der Waals surface area contributed by atoms with Crippen LogP contribution in [-0.4, -0.2) is 29.3 Å². The van der Waals surface area contributed by atoms with Crippen LogP contribution in [0.5, 0.6) is 0 Å². The Morgan fingerprint density at radius 1 is 1.40 bits per heavy atom. The molecule has 0 radical (unpaired) electrons. The summed E-state index contributed by atoms with van der Waals surface area (Å²) in [5.74, 6) is 1.03. The molecule has 1 aromatic rings. The molecule has 1 saturated heterocycles. The molecule has 5 heteroatoms. The summed E-state index contributed by atoms with van der Waals surface area (Å²) in [4.78, 5) is 27.4. The molecule has 1 aliphatic heterocycles. The van der Waals surface area contributed by atoms with Crippen LogP contribution in [0.4, 0.5) is 0 Å². The molecule has 3 atom stereocenters. The van der Waals surface area contributed by atoms with E-state index in [1.54, 1.807) is 17.2 Å². The van der Waals surface area contributed by atoms with Crippen LogP contribution in [0, 0.1) is 17.3 Å². The molecule has 25 heavy (non-hydrogen) atoms. The van der Waals surface area contributed by atoms with E-state index in [0.717, 1.165) is 18.6 Å². The number of allylic oxidation sites excluding steroid dienone is 2. The number of carbonyl (C=O) groups is 2. The van der Waals surface area contributed by atoms with Gasteiger partial charge in [-0.2, -0.15) is 0 Å². The lowest BCUT2D eigenvalue weighted by molar-refractivity contribution is -0.140. The number of nitrogens with one attached hydrogen (secondary N) is 1. The summed E-state index contributed by atoms with van der Waals surface area (Å²) < 4.78 is 5.25. The quantitative estimate of drug-likeness (QED) is 0.835. The first kappa shape index (κ1) is 17.8. The second-order valence-corrected chi connectivity index (χ2v) is 8.06. The number of hydrogen-bond acceptors (Lipinski definition) is 3. The highest BCUT2D eigenvalue weighted by Gasteiger charge is 2.62. The van der Waals surface area contributed by atoms with Crippen LogP contribution in [0.25, 0.3) is 0 Å². The lowest BCUT2D eigenvalue weighted by Gasteiger charge is -2.24. The molecule has 136 valence electrons. The van der Waals surface area contributed by atoms with Gasteiger partial charge in [0.15, 0.2) is 0 Å². The number of nitrogens with zero attached hydrogens (tertiary/aromatic N) is 1. The summed E-state index contributed by atoms with van der Waals surface area (Å²) in [6, 6.07) is 3.27. The molecular weight excluding hydrogens is 316 g/mol. The van der Waals surface area contributed by atoms with Crippen molar-refractivity contribution in [1.82, 2.24) is 10.2 Å². The summed E-state index contributed by atoms with van der Waals surface area (Å²) >= 11 is 0. The molecule has 1 aromatic heterocycles. The van der Waals surface area contributed by atoms with E-state index in [0.29, 0.717) is 13.1 Å². The molecule has 1 N–H and O–H groups in total. The van der Waals surface area contributed by atoms with Gasteiger partial charge < -0.3 is 14.6 Å². The fraction of sp³-hybridized carbons (Fsp3) is 0.600. The van der Waals surface area contributed by atoms with Gasteiger partial charge in [-0.1, -0.05) is 25.5 Å². The lowest BCUT2D eigenvalue weighted by Crippen LogP contribution is -2.46. The molecule has 2 heterocycles. The van der Waals surface area contributed by atoms with Crippen LogP contribution in [0.15, 0.2) is 34.5 Å². The van der Waals surface area contributed by atoms with Gasteiger partial charge in [0.25, 0.3) is 0 Å². The maximum absolute atomic E-state index is 13.1. The van der Waals surface area contributed by atoms with Crippen molar-refractivity contribution in [3.8, 4) is 0 Å². The van der Waals surface area contributed by atoms with Gasteiger partial charge in [0, 0.05) is 6.54 Å². The fourth-order valence-corrected chi connectivity index (χ4v) is 4.01. The molecule has 3 rings (SSSR count). The van der Waals surface area contributed by atoms with E-state index < -0.39 is 0 Å². The Kier molecular flexibility index (Phi) is 4.76. The number of rotatable bonds is 5. The summed E-state index contributed by atoms with van der Waals surface area (Å²) in [5.41, 5.74) is 1.22. The molecule has 0 aromatic carbocycles. The van der Waals surface area contributed by atoms with E-state index >= 15 is 0 Å². The summed E-state index contributed by atoms with van der Waals surface area (Å²) in [6.45, 7) is 9.45. The normalized spacial score (nSPS) is 27.0. The van der Waals surface area contributed by atoms with Crippen LogP contribution in [0.1, 0.15) is 46.3 Å². The van der Waals surface area contributed by atoms with Gasteiger partial charge in [-0.05, 0) is 50.2 Å². The molecule has 2 amide bonds. The Bertz CT molecular complexity index is 671. The van der Waals surface area contributed by atoms with Crippen LogP contribution < -0.4 is 5.32 Å². The van der Waals surface area contributed by atoms with Crippen molar-refractivity contribution in [2.24, 2.45) is 17.3 Å². The minimum atomic E-state index is -0.355. The third-order valence-corrected chi connectivity index (χ3v) is 5.55. The van der Waals surface area contributed by atoms with Crippen molar-refractivity contribution >= 4 is 11.8 Å². The van der Waals surface area contributed by atoms with Crippen LogP contribution in [0.3, 0.4) is 0 Å². The Labute approximate surface area is 149 Å². The maximum atomic E-state index is 13.1. The van der Waals surface area contributed by atoms with Gasteiger partial charge >= 0.3 is 0 Å². The van der Waals surface area contributed by atoms with E-state index in [4.69, 9.17) is 4.42 Å². The number of amides is 2. The molecule has 0 spiro atoms. The average Bonchev–Trinajstić information content (AvgIpc) is 3.05. The van der Waals surface area contributed by atoms with Crippen LogP contribution in [-0.2, 0) is 16.1 Å². The van der Waals surface area contributed by atoms with E-state index in [-0.39, 0.29) is 35.1 Å². The number of hydrogen-bond donors (Lipinski definition) is 1. The zero-order valence-corrected chi connectivity index (χ0v) is 15.5. The zero-order valence-electron chi connectivity index (χ0n) is 15.5. The first-order chi connectivity index (χ1) is 11.8. The number of carbonyl (C=O) groups excluding carboxylic acids is 2. The second-order valence-electron chi connectivity index (χ2n) is 8.06. The third-order valence-electron chi connectivity index (χ3n) is 5.55. The highest BCUT2D eigenvalue weighted by Crippen LogP contribution is 2.60. The lowest BCUT2D eigenvalue weighted by atomic mass is 10.1. The minimum Gasteiger partial charge on any atom is -0.467 e. The predicted octanol–water partition coefficient (Wildman–Crippen LogP) is 3.13. The van der Waals surface area contributed by atoms with Crippen molar-refractivity contribution in [2.45, 2.75) is 53.1 Å². The molecular formula is C20H28N2O3. The largest absolute Gasteiger partial charge is 0.467 e. The first-order valence-electron chi connectivity index (χ1n) is 9.08. The fourth-order valence-electron chi connectivity index (χ4n) is 4.01. The van der Waals surface area contributed by atoms with Crippen molar-refractivity contribution in [3.63, 3.8) is 0 Å². The standard InChI is InChI=1S/C20H28N2O3/c1-13(2)11-15-17(20(15,3)4)19(24)22-9-5-8-16(22)18(23)21-12-14-7-6-10-25-14/h6-7,10-11,15-17H,5,8-9,12H2,1-4H3,(H,21,23)/t15-,16-,17+/m1/s1. The maximum Gasteiger partial charge on any atom is 0.243 e. The first-order valence-corrected chi connectivity index (χ1v) is 9.08. The predicted molar refractivity (Wildman–Crippen MR) is 95.5 cm³/mol. The molecule has 0 bridgehead atoms. The molecule has 2 fully saturated rings. The van der Waals surface area contributed by atoms with Gasteiger partial charge in [-0.25, -0.2) is 0 Å². The Morgan fingerprint density at radius 2 is 2.16 bits per heavy atom. The van der Waals surface area contributed by atoms with E-state index in [1.165, 1.54) is 5.57 Å². The van der Waals surface area contributed by atoms with Gasteiger partial charge in [0.1, 0.15) is 11.8 Å². The topological polar surface area (TPSA) is 62.6 Å². The Balaban J connectivity index is 1.64. The smallest absolute Gasteiger partial charge is 0.243 e. The third kappa shape index (κ3) is 3.51. The van der Waals surface area contributed by atoms with Gasteiger partial charge in [-0.3, -0.25) is 9.59 Å². The molecule has 0 unspecified atom stereocenters. The monoisotopic (exact) mass is 344 g/mol. The highest BCUT2D eigenvalue weighted by molar-refractivity contribution is 5.91. The van der Waals surface area contributed by atoms with E-state index in [2.05, 4.69) is 39.1 Å². The highest BCUT2D eigenvalue weighted by atomic mass is 16.3. The van der Waals surface area contributed by atoms with Crippen molar-refractivity contribution in [3.05, 3.63) is 35.8 Å². The van der Waals surface area contributed by atoms with Crippen LogP contribution in [0.2, 0.25) is 0 Å². The number of furan rings is 1. The van der Waals surface area contributed by atoms with E-state index in [9.17, 15) is 9.59 Å². The summed E-state index contributed by atoms with van der Waals surface area (Å²) in [5, 5.41) is 2.90. The Morgan fingerprint density at radius 3 is 2.80 bits per heavy atom. The molecule has 1 aliphatic carbocycles. The molecule has 1 saturated carbocycles. The van der Waals surface area contributed by atoms with Gasteiger partial charge in [0.05, 0.1) is 18.7 Å². The van der Waals surface area contributed by atoms with Crippen molar-refractivity contribution < 1.29 is 14.0 Å². The average molecular weight is 344 g/mol. The van der Waals surface area contributed by atoms with Gasteiger partial charge in [-0.15, -0.1) is 0 Å². The minimum absolute atomic E-state index is 0.0131. The Hall–Kier alpha value is -2.04.